The number of hydrogen-bond acceptors (Lipinski definition) is 4. The maximum absolute atomic E-state index is 5.96. The minimum absolute atomic E-state index is 0.533. The summed E-state index contributed by atoms with van der Waals surface area (Å²) in [5.41, 5.74) is 12.6. The topological polar surface area (TPSA) is 62.3 Å². The van der Waals surface area contributed by atoms with Crippen LogP contribution in [0.15, 0.2) is 109 Å². The predicted molar refractivity (Wildman–Crippen MR) is 136 cm³/mol. The molecule has 0 radical (unpaired) electrons. The van der Waals surface area contributed by atoms with Crippen molar-refractivity contribution in [3.8, 4) is 39.7 Å². The van der Waals surface area contributed by atoms with Crippen molar-refractivity contribution in [2.75, 3.05) is 12.8 Å². The van der Waals surface area contributed by atoms with Crippen molar-refractivity contribution in [1.29, 1.82) is 0 Å². The molecule has 0 aliphatic rings. The summed E-state index contributed by atoms with van der Waals surface area (Å²) in [5, 5.41) is 4.91. The van der Waals surface area contributed by atoms with E-state index in [2.05, 4.69) is 30.3 Å². The van der Waals surface area contributed by atoms with Crippen LogP contribution in [-0.2, 0) is 6.61 Å². The Hall–Kier alpha value is -4.51. The van der Waals surface area contributed by atoms with Gasteiger partial charge in [0.05, 0.1) is 24.2 Å². The molecule has 1 heterocycles. The van der Waals surface area contributed by atoms with Gasteiger partial charge >= 0.3 is 0 Å². The molecular formula is C29H25N3O2. The maximum Gasteiger partial charge on any atom is 0.119 e. The Labute approximate surface area is 199 Å². The third-order valence-corrected chi connectivity index (χ3v) is 5.63. The molecule has 1 aromatic heterocycles. The van der Waals surface area contributed by atoms with Crippen molar-refractivity contribution in [1.82, 2.24) is 9.78 Å². The molecule has 5 heteroatoms. The van der Waals surface area contributed by atoms with Crippen LogP contribution in [0, 0.1) is 0 Å². The van der Waals surface area contributed by atoms with Crippen molar-refractivity contribution < 1.29 is 9.47 Å². The van der Waals surface area contributed by atoms with E-state index in [-0.39, 0.29) is 0 Å². The van der Waals surface area contributed by atoms with E-state index in [0.29, 0.717) is 6.61 Å². The number of rotatable bonds is 7. The molecule has 34 heavy (non-hydrogen) atoms. The number of ether oxygens (including phenoxy) is 2. The van der Waals surface area contributed by atoms with E-state index in [9.17, 15) is 0 Å². The van der Waals surface area contributed by atoms with Gasteiger partial charge in [-0.05, 0) is 72.3 Å². The monoisotopic (exact) mass is 447 g/mol. The van der Waals surface area contributed by atoms with E-state index >= 15 is 0 Å². The molecule has 0 aliphatic carbocycles. The van der Waals surface area contributed by atoms with Crippen LogP contribution in [0.5, 0.6) is 11.5 Å². The Morgan fingerprint density at radius 3 is 2.06 bits per heavy atom. The number of aromatic nitrogens is 2. The molecule has 5 aromatic rings. The summed E-state index contributed by atoms with van der Waals surface area (Å²) in [6.45, 7) is 0.533. The van der Waals surface area contributed by atoms with E-state index < -0.39 is 0 Å². The van der Waals surface area contributed by atoms with Crippen LogP contribution in [0.1, 0.15) is 5.56 Å². The van der Waals surface area contributed by atoms with Crippen LogP contribution >= 0.6 is 0 Å². The molecule has 0 spiro atoms. The molecule has 0 bridgehead atoms. The first kappa shape index (κ1) is 21.3. The number of anilines is 1. The number of nitrogens with zero attached hydrogens (tertiary/aromatic N) is 2. The molecule has 0 aliphatic heterocycles. The quantitative estimate of drug-likeness (QED) is 0.294. The SMILES string of the molecule is COc1ccc(-n2nc(-c3ccc(N)cc3)cc2-c2ccc(OCc3ccccc3)cc2)cc1. The van der Waals surface area contributed by atoms with E-state index in [0.717, 1.165) is 51.0 Å². The second-order valence-electron chi connectivity index (χ2n) is 7.95. The largest absolute Gasteiger partial charge is 0.497 e. The Balaban J connectivity index is 1.48. The summed E-state index contributed by atoms with van der Waals surface area (Å²) in [5.74, 6) is 1.62. The van der Waals surface area contributed by atoms with Crippen molar-refractivity contribution >= 4 is 5.69 Å². The van der Waals surface area contributed by atoms with Gasteiger partial charge in [-0.2, -0.15) is 5.10 Å². The van der Waals surface area contributed by atoms with E-state index in [4.69, 9.17) is 20.3 Å². The van der Waals surface area contributed by atoms with Crippen molar-refractivity contribution in [3.05, 3.63) is 115 Å². The van der Waals surface area contributed by atoms with Gasteiger partial charge < -0.3 is 15.2 Å². The molecule has 5 nitrogen and oxygen atoms in total. The molecule has 0 fully saturated rings. The fourth-order valence-electron chi connectivity index (χ4n) is 3.76. The molecule has 2 N–H and O–H groups in total. The van der Waals surface area contributed by atoms with E-state index in [1.165, 1.54) is 0 Å². The van der Waals surface area contributed by atoms with Crippen LogP contribution in [-0.4, -0.2) is 16.9 Å². The molecule has 0 saturated carbocycles. The Morgan fingerprint density at radius 1 is 0.735 bits per heavy atom. The van der Waals surface area contributed by atoms with Crippen molar-refractivity contribution in [2.45, 2.75) is 6.61 Å². The first-order chi connectivity index (χ1) is 16.7. The minimum atomic E-state index is 0.533. The fraction of sp³-hybridized carbons (Fsp3) is 0.0690. The average molecular weight is 448 g/mol. The standard InChI is InChI=1S/C29H25N3O2/c1-33-26-17-13-25(14-18-26)32-29(19-28(31-32)22-7-11-24(30)12-8-22)23-9-15-27(16-10-23)34-20-21-5-3-2-4-6-21/h2-19H,20,30H2,1H3. The zero-order valence-corrected chi connectivity index (χ0v) is 18.9. The number of benzene rings is 4. The van der Waals surface area contributed by atoms with E-state index in [1.807, 2.05) is 83.5 Å². The Morgan fingerprint density at radius 2 is 1.38 bits per heavy atom. The van der Waals surface area contributed by atoms with Gasteiger partial charge in [-0.25, -0.2) is 4.68 Å². The summed E-state index contributed by atoms with van der Waals surface area (Å²) < 4.78 is 13.2. The van der Waals surface area contributed by atoms with Gasteiger partial charge in [0.2, 0.25) is 0 Å². The predicted octanol–water partition coefficient (Wildman–Crippen LogP) is 6.38. The smallest absolute Gasteiger partial charge is 0.119 e. The minimum Gasteiger partial charge on any atom is -0.497 e. The first-order valence-corrected chi connectivity index (χ1v) is 11.1. The lowest BCUT2D eigenvalue weighted by Gasteiger charge is -2.10. The van der Waals surface area contributed by atoms with Gasteiger partial charge in [-0.3, -0.25) is 0 Å². The normalized spacial score (nSPS) is 10.7. The summed E-state index contributed by atoms with van der Waals surface area (Å²) in [6, 6.07) is 36.0. The van der Waals surface area contributed by atoms with Gasteiger partial charge in [-0.1, -0.05) is 42.5 Å². The lowest BCUT2D eigenvalue weighted by Crippen LogP contribution is -2.00. The number of nitrogen functional groups attached to an aromatic ring is 1. The Bertz CT molecular complexity index is 1360. The summed E-state index contributed by atoms with van der Waals surface area (Å²) in [7, 11) is 1.66. The van der Waals surface area contributed by atoms with Crippen molar-refractivity contribution in [2.24, 2.45) is 0 Å². The highest BCUT2D eigenvalue weighted by atomic mass is 16.5. The number of nitrogens with two attached hydrogens (primary N) is 1. The Kier molecular flexibility index (Phi) is 5.99. The van der Waals surface area contributed by atoms with Gasteiger partial charge in [0.1, 0.15) is 18.1 Å². The van der Waals surface area contributed by atoms with Crippen LogP contribution in [0.4, 0.5) is 5.69 Å². The zero-order chi connectivity index (χ0) is 23.3. The molecule has 5 rings (SSSR count). The highest BCUT2D eigenvalue weighted by molar-refractivity contribution is 5.71. The number of hydrogen-bond donors (Lipinski definition) is 1. The first-order valence-electron chi connectivity index (χ1n) is 11.1. The summed E-state index contributed by atoms with van der Waals surface area (Å²) in [6.07, 6.45) is 0. The highest BCUT2D eigenvalue weighted by Gasteiger charge is 2.14. The maximum atomic E-state index is 5.96. The second kappa shape index (κ2) is 9.55. The molecule has 0 atom stereocenters. The van der Waals surface area contributed by atoms with Crippen LogP contribution < -0.4 is 15.2 Å². The third kappa shape index (κ3) is 4.64. The molecular weight excluding hydrogens is 422 g/mol. The molecule has 0 unspecified atom stereocenters. The van der Waals surface area contributed by atoms with Crippen LogP contribution in [0.3, 0.4) is 0 Å². The molecule has 168 valence electrons. The van der Waals surface area contributed by atoms with Crippen molar-refractivity contribution in [3.63, 3.8) is 0 Å². The summed E-state index contributed by atoms with van der Waals surface area (Å²) >= 11 is 0. The fourth-order valence-corrected chi connectivity index (χ4v) is 3.76. The number of methoxy groups -OCH3 is 1. The zero-order valence-electron chi connectivity index (χ0n) is 18.9. The second-order valence-corrected chi connectivity index (χ2v) is 7.95. The third-order valence-electron chi connectivity index (χ3n) is 5.63. The molecule has 4 aromatic carbocycles. The molecule has 0 amide bonds. The lowest BCUT2D eigenvalue weighted by molar-refractivity contribution is 0.306. The van der Waals surface area contributed by atoms with Crippen LogP contribution in [0.2, 0.25) is 0 Å². The molecule has 0 saturated heterocycles. The van der Waals surface area contributed by atoms with Gasteiger partial charge in [-0.15, -0.1) is 0 Å². The van der Waals surface area contributed by atoms with Gasteiger partial charge in [0.25, 0.3) is 0 Å². The van der Waals surface area contributed by atoms with E-state index in [1.54, 1.807) is 7.11 Å². The highest BCUT2D eigenvalue weighted by Crippen LogP contribution is 2.31. The van der Waals surface area contributed by atoms with Gasteiger partial charge in [0, 0.05) is 16.8 Å². The van der Waals surface area contributed by atoms with Gasteiger partial charge in [0.15, 0.2) is 0 Å². The lowest BCUT2D eigenvalue weighted by atomic mass is 10.1. The average Bonchev–Trinajstić information content (AvgIpc) is 3.34. The summed E-state index contributed by atoms with van der Waals surface area (Å²) in [4.78, 5) is 0. The van der Waals surface area contributed by atoms with Crippen LogP contribution in [0.25, 0.3) is 28.2 Å².